The predicted molar refractivity (Wildman–Crippen MR) is 137 cm³/mol. The fraction of sp³-hybridized carbons (Fsp3) is 0.500. The molecular weight excluding hydrogens is 567 g/mol. The summed E-state index contributed by atoms with van der Waals surface area (Å²) in [5, 5.41) is -0.337. The molecule has 0 saturated heterocycles. The van der Waals surface area contributed by atoms with E-state index in [0.29, 0.717) is 30.0 Å². The largest absolute Gasteiger partial charge is 0.491 e. The van der Waals surface area contributed by atoms with Gasteiger partial charge >= 0.3 is 22.5 Å². The fourth-order valence-corrected chi connectivity index (χ4v) is 3.92. The summed E-state index contributed by atoms with van der Waals surface area (Å²) >= 11 is 5.99. The van der Waals surface area contributed by atoms with Gasteiger partial charge in [-0.2, -0.15) is 26.3 Å². The van der Waals surface area contributed by atoms with Crippen molar-refractivity contribution in [2.45, 2.75) is 58.9 Å². The molecule has 218 valence electrons. The monoisotopic (exact) mass is 597 g/mol. The van der Waals surface area contributed by atoms with Gasteiger partial charge in [0, 0.05) is 18.8 Å². The number of carbonyl (C=O) groups excluding carboxylic acids is 1. The molecule has 0 unspecified atom stereocenters. The second kappa shape index (κ2) is 14.5. The Morgan fingerprint density at radius 1 is 1.10 bits per heavy atom. The highest BCUT2D eigenvalue weighted by atomic mass is 35.5. The lowest BCUT2D eigenvalue weighted by molar-refractivity contribution is -0.137. The molecule has 0 aliphatic heterocycles. The average Bonchev–Trinajstić information content (AvgIpc) is 2.80. The molecule has 1 aromatic heterocycles. The number of aromatic nitrogens is 1. The third-order valence-electron chi connectivity index (χ3n) is 4.64. The fourth-order valence-electron chi connectivity index (χ4n) is 3.01. The zero-order valence-corrected chi connectivity index (χ0v) is 23.4. The standard InChI is InChI=1S/C24H31ClF3N3O7S/c1-15(2)35-11-9-30-39(33,34)31-23(32)36-10-5-6-17-7-8-19(37-16(3)4)13-21(17)38-22-20(25)12-18(14-29-22)24(26,27)28/h7-8,12-16,30H,5-6,9-11H2,1-4H3,(H,31,32). The molecule has 0 radical (unpaired) electrons. The van der Waals surface area contributed by atoms with Crippen molar-refractivity contribution in [3.05, 3.63) is 46.6 Å². The summed E-state index contributed by atoms with van der Waals surface area (Å²) in [6, 6.07) is 5.61. The van der Waals surface area contributed by atoms with Gasteiger partial charge in [-0.1, -0.05) is 17.7 Å². The van der Waals surface area contributed by atoms with Gasteiger partial charge in [-0.05, 0) is 58.2 Å². The maximum Gasteiger partial charge on any atom is 0.421 e. The summed E-state index contributed by atoms with van der Waals surface area (Å²) in [7, 11) is -4.12. The van der Waals surface area contributed by atoms with Crippen LogP contribution in [0.15, 0.2) is 30.5 Å². The summed E-state index contributed by atoms with van der Waals surface area (Å²) < 4.78 is 88.0. The Balaban J connectivity index is 2.00. The first-order valence-corrected chi connectivity index (χ1v) is 13.8. The first-order valence-electron chi connectivity index (χ1n) is 11.9. The van der Waals surface area contributed by atoms with E-state index in [9.17, 15) is 26.4 Å². The number of ether oxygens (including phenoxy) is 4. The molecule has 1 heterocycles. The zero-order valence-electron chi connectivity index (χ0n) is 21.8. The Hall–Kier alpha value is -2.81. The van der Waals surface area contributed by atoms with E-state index in [4.69, 9.17) is 30.5 Å². The van der Waals surface area contributed by atoms with E-state index in [1.165, 1.54) is 0 Å². The van der Waals surface area contributed by atoms with E-state index in [2.05, 4.69) is 9.71 Å². The summed E-state index contributed by atoms with van der Waals surface area (Å²) in [6.07, 6.45) is -4.84. The number of nitrogens with zero attached hydrogens (tertiary/aromatic N) is 1. The van der Waals surface area contributed by atoms with Crippen LogP contribution in [0, 0.1) is 0 Å². The molecule has 39 heavy (non-hydrogen) atoms. The van der Waals surface area contributed by atoms with E-state index in [0.717, 1.165) is 0 Å². The van der Waals surface area contributed by atoms with Crippen LogP contribution in [0.5, 0.6) is 17.4 Å². The average molecular weight is 598 g/mol. The second-order valence-corrected chi connectivity index (χ2v) is 10.6. The molecule has 0 fully saturated rings. The van der Waals surface area contributed by atoms with Crippen LogP contribution in [0.25, 0.3) is 0 Å². The van der Waals surface area contributed by atoms with E-state index < -0.39 is 28.0 Å². The first-order chi connectivity index (χ1) is 18.2. The highest BCUT2D eigenvalue weighted by molar-refractivity contribution is 7.88. The topological polar surface area (TPSA) is 125 Å². The Morgan fingerprint density at radius 2 is 1.82 bits per heavy atom. The maximum absolute atomic E-state index is 12.9. The van der Waals surface area contributed by atoms with Gasteiger partial charge in [-0.15, -0.1) is 0 Å². The molecule has 0 aliphatic rings. The highest BCUT2D eigenvalue weighted by Crippen LogP contribution is 2.36. The normalized spacial score (nSPS) is 12.1. The number of hydrogen-bond acceptors (Lipinski definition) is 8. The molecule has 0 bridgehead atoms. The number of pyridine rings is 1. The minimum absolute atomic E-state index is 0.0299. The van der Waals surface area contributed by atoms with E-state index in [1.807, 2.05) is 13.8 Å². The lowest BCUT2D eigenvalue weighted by Crippen LogP contribution is -2.42. The minimum Gasteiger partial charge on any atom is -0.491 e. The molecule has 2 aromatic rings. The quantitative estimate of drug-likeness (QED) is 0.283. The molecule has 1 aromatic carbocycles. The van der Waals surface area contributed by atoms with Crippen LogP contribution in [-0.4, -0.2) is 51.5 Å². The third-order valence-corrected chi connectivity index (χ3v) is 5.93. The number of hydrogen-bond donors (Lipinski definition) is 2. The van der Waals surface area contributed by atoms with Crippen LogP contribution in [0.3, 0.4) is 0 Å². The highest BCUT2D eigenvalue weighted by Gasteiger charge is 2.32. The Morgan fingerprint density at radius 3 is 2.44 bits per heavy atom. The molecule has 2 rings (SSSR count). The van der Waals surface area contributed by atoms with Gasteiger partial charge < -0.3 is 18.9 Å². The smallest absolute Gasteiger partial charge is 0.421 e. The Bertz CT molecular complexity index is 1210. The number of amides is 1. The molecule has 15 heteroatoms. The molecule has 2 N–H and O–H groups in total. The third kappa shape index (κ3) is 11.9. The van der Waals surface area contributed by atoms with Crippen molar-refractivity contribution in [3.8, 4) is 17.4 Å². The van der Waals surface area contributed by atoms with Crippen LogP contribution < -0.4 is 18.9 Å². The summed E-state index contributed by atoms with van der Waals surface area (Å²) in [6.45, 7) is 7.20. The molecule has 0 spiro atoms. The van der Waals surface area contributed by atoms with Gasteiger partial charge in [0.2, 0.25) is 5.88 Å². The van der Waals surface area contributed by atoms with E-state index in [-0.39, 0.29) is 55.0 Å². The number of halogens is 4. The maximum atomic E-state index is 12.9. The van der Waals surface area contributed by atoms with Gasteiger partial charge in [-0.25, -0.2) is 14.5 Å². The first kappa shape index (κ1) is 32.4. The molecule has 0 atom stereocenters. The van der Waals surface area contributed by atoms with Crippen LogP contribution in [0.2, 0.25) is 5.02 Å². The number of rotatable bonds is 14. The summed E-state index contributed by atoms with van der Waals surface area (Å²) in [5.74, 6) is 0.431. The number of nitrogens with one attached hydrogen (secondary N) is 2. The van der Waals surface area contributed by atoms with Gasteiger partial charge in [0.05, 0.1) is 31.0 Å². The Kier molecular flexibility index (Phi) is 12.1. The summed E-state index contributed by atoms with van der Waals surface area (Å²) in [5.41, 5.74) is -0.430. The van der Waals surface area contributed by atoms with Gasteiger partial charge in [0.25, 0.3) is 0 Å². The lowest BCUT2D eigenvalue weighted by atomic mass is 10.1. The van der Waals surface area contributed by atoms with Crippen molar-refractivity contribution in [3.63, 3.8) is 0 Å². The molecular formula is C24H31ClF3N3O7S. The zero-order chi connectivity index (χ0) is 29.2. The number of alkyl halides is 3. The SMILES string of the molecule is CC(C)OCCNS(=O)(=O)NC(=O)OCCCc1ccc(OC(C)C)cc1Oc1ncc(C(F)(F)F)cc1Cl. The van der Waals surface area contributed by atoms with Crippen molar-refractivity contribution in [2.75, 3.05) is 19.8 Å². The van der Waals surface area contributed by atoms with Gasteiger partial charge in [0.15, 0.2) is 0 Å². The second-order valence-electron chi connectivity index (χ2n) is 8.71. The minimum atomic E-state index is -4.62. The van der Waals surface area contributed by atoms with Crippen LogP contribution in [0.4, 0.5) is 18.0 Å². The lowest BCUT2D eigenvalue weighted by Gasteiger charge is -2.16. The van der Waals surface area contributed by atoms with Crippen molar-refractivity contribution in [1.82, 2.24) is 14.4 Å². The number of benzene rings is 1. The molecule has 10 nitrogen and oxygen atoms in total. The Labute approximate surface area is 230 Å². The number of carbonyl (C=O) groups is 1. The molecule has 1 amide bonds. The van der Waals surface area contributed by atoms with Crippen LogP contribution in [0.1, 0.15) is 45.2 Å². The van der Waals surface area contributed by atoms with E-state index >= 15 is 0 Å². The van der Waals surface area contributed by atoms with Crippen molar-refractivity contribution < 1.29 is 45.3 Å². The van der Waals surface area contributed by atoms with Crippen LogP contribution in [-0.2, 0) is 32.3 Å². The van der Waals surface area contributed by atoms with Crippen LogP contribution >= 0.6 is 11.6 Å². The summed E-state index contributed by atoms with van der Waals surface area (Å²) in [4.78, 5) is 15.6. The van der Waals surface area contributed by atoms with Crippen molar-refractivity contribution in [2.24, 2.45) is 0 Å². The number of aryl methyl sites for hydroxylation is 1. The van der Waals surface area contributed by atoms with Crippen molar-refractivity contribution >= 4 is 27.9 Å². The molecule has 0 aliphatic carbocycles. The molecule has 0 saturated carbocycles. The van der Waals surface area contributed by atoms with Crippen molar-refractivity contribution in [1.29, 1.82) is 0 Å². The van der Waals surface area contributed by atoms with E-state index in [1.54, 1.807) is 36.8 Å². The van der Waals surface area contributed by atoms with Gasteiger partial charge in [-0.3, -0.25) is 0 Å². The van der Waals surface area contributed by atoms with Gasteiger partial charge in [0.1, 0.15) is 16.5 Å². The predicted octanol–water partition coefficient (Wildman–Crippen LogP) is 5.25.